The Morgan fingerprint density at radius 2 is 2.00 bits per heavy atom. The van der Waals surface area contributed by atoms with Gasteiger partial charge >= 0.3 is 5.97 Å². The molecule has 0 aromatic heterocycles. The number of carbonyl (C=O) groups is 1. The lowest BCUT2D eigenvalue weighted by Crippen LogP contribution is -2.38. The number of carboxylic acid groups (broad SMARTS) is 1. The standard InChI is InChI=1S/C9H14O2S2/c10-8(11)9(12,13)7-4-5-1-2-6(7)3-5/h5-7,12-13H,1-4H2,(H,10,11). The largest absolute Gasteiger partial charge is 0.480 e. The van der Waals surface area contributed by atoms with Gasteiger partial charge in [-0.05, 0) is 37.0 Å². The van der Waals surface area contributed by atoms with Gasteiger partial charge in [0.05, 0.1) is 0 Å². The van der Waals surface area contributed by atoms with Crippen molar-refractivity contribution in [3.8, 4) is 0 Å². The average molecular weight is 218 g/mol. The second kappa shape index (κ2) is 3.09. The fraction of sp³-hybridized carbons (Fsp3) is 0.889. The molecule has 3 unspecified atom stereocenters. The van der Waals surface area contributed by atoms with Gasteiger partial charge < -0.3 is 5.11 Å². The highest BCUT2D eigenvalue weighted by Crippen LogP contribution is 2.54. The minimum absolute atomic E-state index is 0.162. The SMILES string of the molecule is O=C(O)C(S)(S)C1CC2CCC1C2. The Morgan fingerprint density at radius 1 is 1.31 bits per heavy atom. The number of thiol groups is 2. The molecule has 13 heavy (non-hydrogen) atoms. The van der Waals surface area contributed by atoms with E-state index in [9.17, 15) is 4.79 Å². The van der Waals surface area contributed by atoms with Crippen LogP contribution in [0.3, 0.4) is 0 Å². The molecule has 1 N–H and O–H groups in total. The molecule has 0 aliphatic heterocycles. The van der Waals surface area contributed by atoms with Crippen molar-refractivity contribution >= 4 is 31.2 Å². The monoisotopic (exact) mass is 218 g/mol. The molecule has 0 aromatic rings. The Labute approximate surface area is 88.9 Å². The molecule has 2 nitrogen and oxygen atoms in total. The van der Waals surface area contributed by atoms with Gasteiger partial charge in [0.2, 0.25) is 0 Å². The molecule has 0 saturated heterocycles. The first-order valence-electron chi connectivity index (χ1n) is 4.70. The van der Waals surface area contributed by atoms with Crippen LogP contribution >= 0.6 is 25.3 Å². The van der Waals surface area contributed by atoms with Crippen molar-refractivity contribution in [2.24, 2.45) is 17.8 Å². The molecular formula is C9H14O2S2. The van der Waals surface area contributed by atoms with E-state index in [2.05, 4.69) is 25.3 Å². The first-order valence-corrected chi connectivity index (χ1v) is 5.59. The van der Waals surface area contributed by atoms with Gasteiger partial charge in [-0.15, -0.1) is 0 Å². The van der Waals surface area contributed by atoms with Crippen LogP contribution in [0.2, 0.25) is 0 Å². The summed E-state index contributed by atoms with van der Waals surface area (Å²) in [6, 6.07) is 0. The number of rotatable bonds is 2. The molecular weight excluding hydrogens is 204 g/mol. The summed E-state index contributed by atoms with van der Waals surface area (Å²) in [5, 5.41) is 8.98. The van der Waals surface area contributed by atoms with Crippen molar-refractivity contribution in [2.45, 2.75) is 29.8 Å². The summed E-state index contributed by atoms with van der Waals surface area (Å²) in [4.78, 5) is 10.9. The topological polar surface area (TPSA) is 37.3 Å². The van der Waals surface area contributed by atoms with Crippen molar-refractivity contribution in [3.05, 3.63) is 0 Å². The summed E-state index contributed by atoms with van der Waals surface area (Å²) in [5.41, 5.74) is 0. The highest BCUT2D eigenvalue weighted by molar-refractivity contribution is 8.02. The third-order valence-electron chi connectivity index (χ3n) is 3.57. The first kappa shape index (κ1) is 9.71. The Bertz CT molecular complexity index is 240. The normalized spacial score (nSPS) is 38.2. The van der Waals surface area contributed by atoms with Gasteiger partial charge in [-0.2, -0.15) is 25.3 Å². The molecule has 3 atom stereocenters. The van der Waals surface area contributed by atoms with Crippen LogP contribution in [-0.2, 0) is 4.79 Å². The molecule has 0 radical (unpaired) electrons. The van der Waals surface area contributed by atoms with Gasteiger partial charge in [0, 0.05) is 0 Å². The maximum Gasteiger partial charge on any atom is 0.329 e. The Kier molecular flexibility index (Phi) is 2.31. The maximum absolute atomic E-state index is 10.9. The summed E-state index contributed by atoms with van der Waals surface area (Å²) >= 11 is 8.35. The predicted octanol–water partition coefficient (Wildman–Crippen LogP) is 2.06. The molecule has 2 bridgehead atoms. The number of carboxylic acids is 1. The average Bonchev–Trinajstić information content (AvgIpc) is 2.63. The third-order valence-corrected chi connectivity index (χ3v) is 4.62. The van der Waals surface area contributed by atoms with Gasteiger partial charge in [-0.3, -0.25) is 0 Å². The Morgan fingerprint density at radius 3 is 2.38 bits per heavy atom. The summed E-state index contributed by atoms with van der Waals surface area (Å²) in [6.07, 6.45) is 4.65. The molecule has 0 amide bonds. The highest BCUT2D eigenvalue weighted by Gasteiger charge is 2.51. The van der Waals surface area contributed by atoms with E-state index in [1.54, 1.807) is 0 Å². The van der Waals surface area contributed by atoms with Gasteiger partial charge in [0.1, 0.15) is 0 Å². The van der Waals surface area contributed by atoms with Crippen molar-refractivity contribution in [3.63, 3.8) is 0 Å². The lowest BCUT2D eigenvalue weighted by Gasteiger charge is -2.31. The Hall–Kier alpha value is 0.170. The molecule has 2 saturated carbocycles. The summed E-state index contributed by atoms with van der Waals surface area (Å²) in [7, 11) is 0. The van der Waals surface area contributed by atoms with Crippen molar-refractivity contribution in [1.29, 1.82) is 0 Å². The van der Waals surface area contributed by atoms with E-state index in [4.69, 9.17) is 5.11 Å². The fourth-order valence-corrected chi connectivity index (χ4v) is 3.53. The molecule has 4 heteroatoms. The smallest absolute Gasteiger partial charge is 0.329 e. The van der Waals surface area contributed by atoms with E-state index in [1.165, 1.54) is 19.3 Å². The van der Waals surface area contributed by atoms with E-state index >= 15 is 0 Å². The molecule has 2 fully saturated rings. The van der Waals surface area contributed by atoms with Crippen LogP contribution in [0, 0.1) is 17.8 Å². The summed E-state index contributed by atoms with van der Waals surface area (Å²) in [6.45, 7) is 0. The lowest BCUT2D eigenvalue weighted by atomic mass is 9.85. The quantitative estimate of drug-likeness (QED) is 0.490. The van der Waals surface area contributed by atoms with Crippen LogP contribution in [0.15, 0.2) is 0 Å². The van der Waals surface area contributed by atoms with E-state index in [1.807, 2.05) is 0 Å². The van der Waals surface area contributed by atoms with Crippen LogP contribution in [-0.4, -0.2) is 15.2 Å². The van der Waals surface area contributed by atoms with E-state index in [-0.39, 0.29) is 5.92 Å². The van der Waals surface area contributed by atoms with Crippen LogP contribution in [0.5, 0.6) is 0 Å². The van der Waals surface area contributed by atoms with Crippen molar-refractivity contribution < 1.29 is 9.90 Å². The molecule has 0 heterocycles. The lowest BCUT2D eigenvalue weighted by molar-refractivity contribution is -0.138. The van der Waals surface area contributed by atoms with E-state index in [0.29, 0.717) is 5.92 Å². The Balaban J connectivity index is 2.14. The summed E-state index contributed by atoms with van der Waals surface area (Å²) < 4.78 is -1.11. The second-order valence-electron chi connectivity index (χ2n) is 4.31. The van der Waals surface area contributed by atoms with E-state index < -0.39 is 10.0 Å². The van der Waals surface area contributed by atoms with Crippen LogP contribution < -0.4 is 0 Å². The first-order chi connectivity index (χ1) is 6.01. The van der Waals surface area contributed by atoms with E-state index in [0.717, 1.165) is 12.3 Å². The van der Waals surface area contributed by atoms with Gasteiger partial charge in [-0.25, -0.2) is 4.79 Å². The molecule has 74 valence electrons. The maximum atomic E-state index is 10.9. The zero-order chi connectivity index (χ0) is 9.64. The molecule has 2 rings (SSSR count). The molecule has 2 aliphatic carbocycles. The van der Waals surface area contributed by atoms with Crippen molar-refractivity contribution in [1.82, 2.24) is 0 Å². The highest BCUT2D eigenvalue weighted by atomic mass is 32.2. The minimum atomic E-state index is -1.11. The summed E-state index contributed by atoms with van der Waals surface area (Å²) in [5.74, 6) is 0.566. The van der Waals surface area contributed by atoms with Gasteiger partial charge in [-0.1, -0.05) is 6.42 Å². The molecule has 2 aliphatic rings. The zero-order valence-corrected chi connectivity index (χ0v) is 9.10. The minimum Gasteiger partial charge on any atom is -0.480 e. The number of hydrogen-bond donors (Lipinski definition) is 3. The van der Waals surface area contributed by atoms with Gasteiger partial charge in [0.25, 0.3) is 0 Å². The number of aliphatic carboxylic acids is 1. The fourth-order valence-electron chi connectivity index (χ4n) is 2.90. The van der Waals surface area contributed by atoms with Crippen LogP contribution in [0.1, 0.15) is 25.7 Å². The number of hydrogen-bond acceptors (Lipinski definition) is 3. The van der Waals surface area contributed by atoms with Crippen molar-refractivity contribution in [2.75, 3.05) is 0 Å². The van der Waals surface area contributed by atoms with Crippen LogP contribution in [0.25, 0.3) is 0 Å². The second-order valence-corrected chi connectivity index (χ2v) is 6.08. The molecule has 0 aromatic carbocycles. The van der Waals surface area contributed by atoms with Crippen LogP contribution in [0.4, 0.5) is 0 Å². The number of fused-ring (bicyclic) bond motifs is 2. The third kappa shape index (κ3) is 1.48. The predicted molar refractivity (Wildman–Crippen MR) is 57.3 cm³/mol. The van der Waals surface area contributed by atoms with Gasteiger partial charge in [0.15, 0.2) is 4.08 Å². The zero-order valence-electron chi connectivity index (χ0n) is 7.31. The molecule has 0 spiro atoms.